The fraction of sp³-hybridized carbons (Fsp3) is 0.185. The first-order valence-corrected chi connectivity index (χ1v) is 11.9. The zero-order valence-electron chi connectivity index (χ0n) is 17.4. The number of hydrogen-bond acceptors (Lipinski definition) is 2. The normalized spacial score (nSPS) is 15.3. The van der Waals surface area contributed by atoms with Gasteiger partial charge in [0.15, 0.2) is 4.21 Å². The van der Waals surface area contributed by atoms with Crippen molar-refractivity contribution in [2.75, 3.05) is 0 Å². The highest BCUT2D eigenvalue weighted by Gasteiger charge is 2.44. The third-order valence-corrected chi connectivity index (χ3v) is 8.26. The molecule has 4 aromatic carbocycles. The van der Waals surface area contributed by atoms with Gasteiger partial charge in [0.2, 0.25) is 0 Å². The van der Waals surface area contributed by atoms with Crippen molar-refractivity contribution in [1.82, 2.24) is 0 Å². The van der Waals surface area contributed by atoms with Crippen LogP contribution in [0, 0.1) is 6.92 Å². The number of benzene rings is 4. The van der Waals surface area contributed by atoms with Crippen molar-refractivity contribution < 1.29 is 9.32 Å². The molecule has 4 rings (SSSR count). The van der Waals surface area contributed by atoms with Crippen molar-refractivity contribution >= 4 is 33.2 Å². The lowest BCUT2D eigenvalue weighted by Gasteiger charge is -2.32. The number of halogens is 1. The first-order valence-electron chi connectivity index (χ1n) is 10.4. The summed E-state index contributed by atoms with van der Waals surface area (Å²) >= 11 is 7.16. The van der Waals surface area contributed by atoms with Crippen LogP contribution in [0.1, 0.15) is 23.1 Å². The molecule has 0 aliphatic rings. The summed E-state index contributed by atoms with van der Waals surface area (Å²) in [5, 5.41) is 13.4. The van der Waals surface area contributed by atoms with E-state index in [0.717, 1.165) is 21.9 Å². The standard InChI is InChI=1S/C27H25ClO2S/c1-20-11-16-25(17-12-20)31(30)27(28,26(29)18-13-21-7-3-2-4-8-21)24-15-14-22-9-5-6-10-23(22)19-24/h2-12,14-17,19,26,29H,13,18H2,1H3/t26-,27-,31?/m1/s1. The Bertz CT molecular complexity index is 1190. The van der Waals surface area contributed by atoms with Crippen LogP contribution in [0.3, 0.4) is 0 Å². The molecule has 4 heteroatoms. The number of hydrogen-bond donors (Lipinski definition) is 1. The van der Waals surface area contributed by atoms with E-state index in [4.69, 9.17) is 11.6 Å². The highest BCUT2D eigenvalue weighted by molar-refractivity contribution is 7.87. The third kappa shape index (κ3) is 4.59. The van der Waals surface area contributed by atoms with Gasteiger partial charge in [0, 0.05) is 4.90 Å². The summed E-state index contributed by atoms with van der Waals surface area (Å²) in [6.45, 7) is 1.98. The molecule has 0 fully saturated rings. The average Bonchev–Trinajstić information content (AvgIpc) is 2.82. The summed E-state index contributed by atoms with van der Waals surface area (Å²) in [6, 6.07) is 31.2. The maximum absolute atomic E-state index is 13.8. The van der Waals surface area contributed by atoms with Crippen LogP contribution in [-0.4, -0.2) is 15.4 Å². The Labute approximate surface area is 191 Å². The van der Waals surface area contributed by atoms with Crippen molar-refractivity contribution in [3.63, 3.8) is 0 Å². The van der Waals surface area contributed by atoms with Gasteiger partial charge in [0.05, 0.1) is 16.9 Å². The van der Waals surface area contributed by atoms with Gasteiger partial charge in [-0.25, -0.2) is 0 Å². The average molecular weight is 449 g/mol. The van der Waals surface area contributed by atoms with Crippen LogP contribution in [-0.2, 0) is 21.4 Å². The van der Waals surface area contributed by atoms with E-state index in [2.05, 4.69) is 0 Å². The molecule has 0 amide bonds. The molecule has 1 unspecified atom stereocenters. The highest BCUT2D eigenvalue weighted by atomic mass is 35.5. The molecule has 0 saturated carbocycles. The number of rotatable bonds is 7. The summed E-state index contributed by atoms with van der Waals surface area (Å²) < 4.78 is 12.3. The molecule has 1 N–H and O–H groups in total. The molecule has 0 saturated heterocycles. The molecule has 0 radical (unpaired) electrons. The molecular formula is C27H25ClO2S. The maximum atomic E-state index is 13.8. The van der Waals surface area contributed by atoms with Crippen LogP contribution in [0.15, 0.2) is 102 Å². The second-order valence-corrected chi connectivity index (χ2v) is 10.3. The first kappa shape index (κ1) is 21.8. The van der Waals surface area contributed by atoms with Crippen LogP contribution in [0.5, 0.6) is 0 Å². The van der Waals surface area contributed by atoms with Gasteiger partial charge in [0.25, 0.3) is 0 Å². The zero-order valence-corrected chi connectivity index (χ0v) is 18.9. The number of aliphatic hydroxyl groups is 1. The van der Waals surface area contributed by atoms with Crippen LogP contribution in [0.25, 0.3) is 10.8 Å². The van der Waals surface area contributed by atoms with Crippen molar-refractivity contribution in [2.24, 2.45) is 0 Å². The lowest BCUT2D eigenvalue weighted by atomic mass is 9.98. The van der Waals surface area contributed by atoms with Gasteiger partial charge in [-0.3, -0.25) is 4.21 Å². The topological polar surface area (TPSA) is 37.3 Å². The lowest BCUT2D eigenvalue weighted by Crippen LogP contribution is -2.39. The van der Waals surface area contributed by atoms with Crippen LogP contribution in [0.2, 0.25) is 0 Å². The molecular weight excluding hydrogens is 424 g/mol. The van der Waals surface area contributed by atoms with Gasteiger partial charge in [-0.1, -0.05) is 96.0 Å². The third-order valence-electron chi connectivity index (χ3n) is 5.63. The van der Waals surface area contributed by atoms with Gasteiger partial charge in [-0.2, -0.15) is 0 Å². The molecule has 4 aromatic rings. The van der Waals surface area contributed by atoms with Gasteiger partial charge in [-0.15, -0.1) is 0 Å². The Morgan fingerprint density at radius 1 is 0.871 bits per heavy atom. The van der Waals surface area contributed by atoms with Crippen LogP contribution in [0.4, 0.5) is 0 Å². The van der Waals surface area contributed by atoms with E-state index in [1.165, 1.54) is 0 Å². The number of fused-ring (bicyclic) bond motifs is 1. The lowest BCUT2D eigenvalue weighted by molar-refractivity contribution is 0.146. The largest absolute Gasteiger partial charge is 0.390 e. The molecule has 158 valence electrons. The van der Waals surface area contributed by atoms with Crippen molar-refractivity contribution in [1.29, 1.82) is 0 Å². The van der Waals surface area contributed by atoms with E-state index >= 15 is 0 Å². The molecule has 0 aromatic heterocycles. The summed E-state index contributed by atoms with van der Waals surface area (Å²) in [6.07, 6.45) is 0.0466. The number of alkyl halides is 1. The van der Waals surface area contributed by atoms with Crippen LogP contribution < -0.4 is 0 Å². The molecule has 0 spiro atoms. The van der Waals surface area contributed by atoms with Crippen LogP contribution >= 0.6 is 11.6 Å². The molecule has 0 aliphatic carbocycles. The molecule has 0 aliphatic heterocycles. The number of aliphatic hydroxyl groups excluding tert-OH is 1. The minimum Gasteiger partial charge on any atom is -0.390 e. The highest BCUT2D eigenvalue weighted by Crippen LogP contribution is 2.42. The summed E-state index contributed by atoms with van der Waals surface area (Å²) in [4.78, 5) is 0.604. The van der Waals surface area contributed by atoms with E-state index in [1.807, 2.05) is 104 Å². The fourth-order valence-electron chi connectivity index (χ4n) is 3.79. The van der Waals surface area contributed by atoms with Crippen molar-refractivity contribution in [2.45, 2.75) is 35.0 Å². The predicted octanol–water partition coefficient (Wildman–Crippen LogP) is 6.34. The summed E-state index contributed by atoms with van der Waals surface area (Å²) in [7, 11) is -1.66. The minimum absolute atomic E-state index is 0.401. The Morgan fingerprint density at radius 3 is 2.23 bits per heavy atom. The Hall–Kier alpha value is -2.46. The number of aryl methyl sites for hydroxylation is 2. The molecule has 0 bridgehead atoms. The fourth-order valence-corrected chi connectivity index (χ4v) is 5.72. The molecule has 2 nitrogen and oxygen atoms in total. The van der Waals surface area contributed by atoms with Gasteiger partial charge < -0.3 is 5.11 Å². The monoisotopic (exact) mass is 448 g/mol. The quantitative estimate of drug-likeness (QED) is 0.335. The zero-order chi connectivity index (χ0) is 21.8. The van der Waals surface area contributed by atoms with E-state index < -0.39 is 21.1 Å². The molecule has 0 heterocycles. The second kappa shape index (κ2) is 9.35. The first-order chi connectivity index (χ1) is 15.0. The Kier molecular flexibility index (Phi) is 6.57. The predicted molar refractivity (Wildman–Crippen MR) is 130 cm³/mol. The van der Waals surface area contributed by atoms with E-state index in [9.17, 15) is 9.32 Å². The van der Waals surface area contributed by atoms with Crippen molar-refractivity contribution in [3.05, 3.63) is 114 Å². The Balaban J connectivity index is 1.74. The SMILES string of the molecule is Cc1ccc(S(=O)[C@](Cl)(c2ccc3ccccc3c2)[C@H](O)CCc2ccccc2)cc1. The van der Waals surface area contributed by atoms with E-state index in [1.54, 1.807) is 0 Å². The van der Waals surface area contributed by atoms with E-state index in [-0.39, 0.29) is 0 Å². The van der Waals surface area contributed by atoms with Crippen molar-refractivity contribution in [3.8, 4) is 0 Å². The minimum atomic E-state index is -1.66. The van der Waals surface area contributed by atoms with Gasteiger partial charge in [-0.05, 0) is 59.9 Å². The summed E-state index contributed by atoms with van der Waals surface area (Å²) in [5.41, 5.74) is 2.85. The molecule has 31 heavy (non-hydrogen) atoms. The smallest absolute Gasteiger partial charge is 0.174 e. The van der Waals surface area contributed by atoms with Gasteiger partial charge in [0.1, 0.15) is 0 Å². The van der Waals surface area contributed by atoms with E-state index in [0.29, 0.717) is 23.3 Å². The Morgan fingerprint density at radius 2 is 1.52 bits per heavy atom. The second-order valence-electron chi connectivity index (χ2n) is 7.83. The molecule has 3 atom stereocenters. The maximum Gasteiger partial charge on any atom is 0.174 e. The van der Waals surface area contributed by atoms with Gasteiger partial charge >= 0.3 is 0 Å². The summed E-state index contributed by atoms with van der Waals surface area (Å²) in [5.74, 6) is 0.